The summed E-state index contributed by atoms with van der Waals surface area (Å²) in [7, 11) is 6.86. The molecule has 0 unspecified atom stereocenters. The van der Waals surface area contributed by atoms with Gasteiger partial charge in [-0.3, -0.25) is 9.59 Å². The molecule has 2 rings (SSSR count). The summed E-state index contributed by atoms with van der Waals surface area (Å²) in [5.74, 6) is -0.813. The number of ether oxygens (including phenoxy) is 2. The Morgan fingerprint density at radius 3 is 2.30 bits per heavy atom. The van der Waals surface area contributed by atoms with E-state index >= 15 is 0 Å². The fourth-order valence-electron chi connectivity index (χ4n) is 2.16. The second kappa shape index (κ2) is 9.23. The molecule has 0 atom stereocenters. The molecule has 8 nitrogen and oxygen atoms in total. The summed E-state index contributed by atoms with van der Waals surface area (Å²) in [6, 6.07) is 12.4. The molecule has 2 aromatic carbocycles. The van der Waals surface area contributed by atoms with Gasteiger partial charge in [-0.2, -0.15) is 5.10 Å². The number of carbonyl (C=O) groups is 2. The molecular weight excluding hydrogens is 348 g/mol. The second-order valence-electron chi connectivity index (χ2n) is 5.71. The lowest BCUT2D eigenvalue weighted by atomic mass is 10.2. The van der Waals surface area contributed by atoms with Crippen molar-refractivity contribution in [1.82, 2.24) is 5.43 Å². The van der Waals surface area contributed by atoms with Crippen LogP contribution >= 0.6 is 0 Å². The number of methoxy groups -OCH3 is 2. The van der Waals surface area contributed by atoms with E-state index in [4.69, 9.17) is 9.47 Å². The number of nitrogens with zero attached hydrogens (tertiary/aromatic N) is 2. The van der Waals surface area contributed by atoms with E-state index in [1.165, 1.54) is 20.4 Å². The fraction of sp³-hybridized carbons (Fsp3) is 0.211. The molecule has 0 fully saturated rings. The third kappa shape index (κ3) is 5.46. The molecule has 0 bridgehead atoms. The molecule has 0 spiro atoms. The van der Waals surface area contributed by atoms with E-state index < -0.39 is 11.8 Å². The quantitative estimate of drug-likeness (QED) is 0.460. The number of anilines is 2. The highest BCUT2D eigenvalue weighted by molar-refractivity contribution is 6.39. The Morgan fingerprint density at radius 2 is 1.70 bits per heavy atom. The predicted octanol–water partition coefficient (Wildman–Crippen LogP) is 1.86. The van der Waals surface area contributed by atoms with Gasteiger partial charge in [0, 0.05) is 25.8 Å². The zero-order valence-corrected chi connectivity index (χ0v) is 15.6. The first-order chi connectivity index (χ1) is 12.9. The molecule has 0 aliphatic rings. The van der Waals surface area contributed by atoms with Crippen LogP contribution < -0.4 is 25.1 Å². The average molecular weight is 370 g/mol. The number of nitrogens with one attached hydrogen (secondary N) is 2. The van der Waals surface area contributed by atoms with E-state index in [0.717, 1.165) is 11.3 Å². The van der Waals surface area contributed by atoms with Crippen LogP contribution in [0.1, 0.15) is 5.56 Å². The van der Waals surface area contributed by atoms with Crippen LogP contribution in [0.3, 0.4) is 0 Å². The number of rotatable bonds is 6. The maximum Gasteiger partial charge on any atom is 0.329 e. The monoisotopic (exact) mass is 370 g/mol. The van der Waals surface area contributed by atoms with Crippen molar-refractivity contribution in [3.8, 4) is 11.5 Å². The van der Waals surface area contributed by atoms with Gasteiger partial charge in [0.15, 0.2) is 0 Å². The third-order valence-corrected chi connectivity index (χ3v) is 3.65. The molecule has 0 aliphatic carbocycles. The normalized spacial score (nSPS) is 10.4. The zero-order chi connectivity index (χ0) is 19.8. The van der Waals surface area contributed by atoms with Crippen LogP contribution in [0.15, 0.2) is 47.6 Å². The van der Waals surface area contributed by atoms with Crippen LogP contribution in [-0.4, -0.2) is 46.3 Å². The highest BCUT2D eigenvalue weighted by Gasteiger charge is 2.15. The molecule has 0 saturated heterocycles. The van der Waals surface area contributed by atoms with Crippen LogP contribution in [-0.2, 0) is 9.59 Å². The van der Waals surface area contributed by atoms with Crippen LogP contribution in [0.4, 0.5) is 11.4 Å². The maximum absolute atomic E-state index is 12.0. The van der Waals surface area contributed by atoms with Gasteiger partial charge in [-0.05, 0) is 29.8 Å². The smallest absolute Gasteiger partial charge is 0.329 e. The van der Waals surface area contributed by atoms with Crippen molar-refractivity contribution >= 4 is 29.4 Å². The Morgan fingerprint density at radius 1 is 1.00 bits per heavy atom. The van der Waals surface area contributed by atoms with E-state index in [0.29, 0.717) is 17.2 Å². The summed E-state index contributed by atoms with van der Waals surface area (Å²) >= 11 is 0. The van der Waals surface area contributed by atoms with Crippen LogP contribution in [0, 0.1) is 0 Å². The minimum absolute atomic E-state index is 0.349. The van der Waals surface area contributed by atoms with Crippen LogP contribution in [0.25, 0.3) is 0 Å². The second-order valence-corrected chi connectivity index (χ2v) is 5.71. The molecule has 142 valence electrons. The topological polar surface area (TPSA) is 92.3 Å². The first-order valence-electron chi connectivity index (χ1n) is 8.08. The molecule has 0 radical (unpaired) electrons. The molecule has 0 saturated carbocycles. The van der Waals surface area contributed by atoms with E-state index in [-0.39, 0.29) is 0 Å². The maximum atomic E-state index is 12.0. The highest BCUT2D eigenvalue weighted by Crippen LogP contribution is 2.28. The van der Waals surface area contributed by atoms with Crippen LogP contribution in [0.5, 0.6) is 11.5 Å². The van der Waals surface area contributed by atoms with Crippen molar-refractivity contribution in [2.75, 3.05) is 38.5 Å². The molecular formula is C19H22N4O4. The number of carbonyl (C=O) groups excluding carboxylic acids is 2. The van der Waals surface area contributed by atoms with E-state index in [2.05, 4.69) is 15.8 Å². The molecule has 0 aromatic heterocycles. The van der Waals surface area contributed by atoms with Crippen molar-refractivity contribution in [3.05, 3.63) is 48.0 Å². The van der Waals surface area contributed by atoms with Crippen molar-refractivity contribution in [3.63, 3.8) is 0 Å². The van der Waals surface area contributed by atoms with Gasteiger partial charge in [0.2, 0.25) is 0 Å². The molecule has 2 aromatic rings. The van der Waals surface area contributed by atoms with Gasteiger partial charge >= 0.3 is 11.8 Å². The molecule has 8 heteroatoms. The van der Waals surface area contributed by atoms with E-state index in [1.807, 2.05) is 43.3 Å². The van der Waals surface area contributed by atoms with Crippen molar-refractivity contribution < 1.29 is 19.1 Å². The highest BCUT2D eigenvalue weighted by atomic mass is 16.5. The zero-order valence-electron chi connectivity index (χ0n) is 15.6. The number of benzene rings is 2. The molecule has 0 heterocycles. The van der Waals surface area contributed by atoms with Crippen molar-refractivity contribution in [2.24, 2.45) is 5.10 Å². The molecule has 27 heavy (non-hydrogen) atoms. The average Bonchev–Trinajstić information content (AvgIpc) is 2.68. The largest absolute Gasteiger partial charge is 0.497 e. The number of amides is 2. The Balaban J connectivity index is 1.94. The van der Waals surface area contributed by atoms with Gasteiger partial charge in [0.05, 0.1) is 26.1 Å². The fourth-order valence-corrected chi connectivity index (χ4v) is 2.16. The first kappa shape index (κ1) is 19.8. The minimum Gasteiger partial charge on any atom is -0.497 e. The summed E-state index contributed by atoms with van der Waals surface area (Å²) in [6.45, 7) is 0. The number of hydrogen-bond donors (Lipinski definition) is 2. The van der Waals surface area contributed by atoms with Crippen LogP contribution in [0.2, 0.25) is 0 Å². The van der Waals surface area contributed by atoms with E-state index in [9.17, 15) is 9.59 Å². The summed E-state index contributed by atoms with van der Waals surface area (Å²) in [5.41, 5.74) is 4.38. The van der Waals surface area contributed by atoms with Gasteiger partial charge in [-0.25, -0.2) is 5.43 Å². The molecule has 2 N–H and O–H groups in total. The summed E-state index contributed by atoms with van der Waals surface area (Å²) in [5, 5.41) is 6.27. The first-order valence-corrected chi connectivity index (χ1v) is 8.08. The summed E-state index contributed by atoms with van der Waals surface area (Å²) < 4.78 is 10.3. The van der Waals surface area contributed by atoms with Gasteiger partial charge in [-0.15, -0.1) is 0 Å². The SMILES string of the molecule is COc1ccc(NC(=O)C(=O)N/N=C/c2ccc(N(C)C)cc2)c(OC)c1. The lowest BCUT2D eigenvalue weighted by Crippen LogP contribution is -2.32. The van der Waals surface area contributed by atoms with Gasteiger partial charge in [0.1, 0.15) is 11.5 Å². The Kier molecular flexibility index (Phi) is 6.76. The lowest BCUT2D eigenvalue weighted by Gasteiger charge is -2.11. The Labute approximate surface area is 157 Å². The van der Waals surface area contributed by atoms with E-state index in [1.54, 1.807) is 18.2 Å². The number of hydrogen-bond acceptors (Lipinski definition) is 6. The van der Waals surface area contributed by atoms with Gasteiger partial charge in [0.25, 0.3) is 0 Å². The Hall–Kier alpha value is -3.55. The standard InChI is InChI=1S/C19H22N4O4/c1-23(2)14-7-5-13(6-8-14)12-20-22-19(25)18(24)21-16-10-9-15(26-3)11-17(16)27-4/h5-12H,1-4H3,(H,21,24)(H,22,25)/b20-12+. The molecule has 0 aliphatic heterocycles. The number of hydrazone groups is 1. The van der Waals surface area contributed by atoms with Crippen molar-refractivity contribution in [1.29, 1.82) is 0 Å². The van der Waals surface area contributed by atoms with Gasteiger partial charge < -0.3 is 19.7 Å². The summed E-state index contributed by atoms with van der Waals surface area (Å²) in [4.78, 5) is 25.9. The molecule has 2 amide bonds. The minimum atomic E-state index is -0.894. The van der Waals surface area contributed by atoms with Gasteiger partial charge in [-0.1, -0.05) is 12.1 Å². The van der Waals surface area contributed by atoms with Crippen molar-refractivity contribution in [2.45, 2.75) is 0 Å². The predicted molar refractivity (Wildman–Crippen MR) is 105 cm³/mol. The lowest BCUT2D eigenvalue weighted by molar-refractivity contribution is -0.136. The third-order valence-electron chi connectivity index (χ3n) is 3.65. The summed E-state index contributed by atoms with van der Waals surface area (Å²) in [6.07, 6.45) is 1.46. The Bertz CT molecular complexity index is 832.